The van der Waals surface area contributed by atoms with Crippen molar-refractivity contribution < 1.29 is 9.90 Å². The highest BCUT2D eigenvalue weighted by atomic mass is 16.3. The Hall–Kier alpha value is -0.630. The second kappa shape index (κ2) is 4.74. The van der Waals surface area contributed by atoms with Gasteiger partial charge < -0.3 is 5.11 Å². The lowest BCUT2D eigenvalue weighted by Gasteiger charge is -2.37. The maximum absolute atomic E-state index is 11.6. The molecule has 0 radical (unpaired) electrons. The van der Waals surface area contributed by atoms with Gasteiger partial charge in [0.05, 0.1) is 0 Å². The van der Waals surface area contributed by atoms with Gasteiger partial charge in [-0.15, -0.1) is 6.58 Å². The van der Waals surface area contributed by atoms with Gasteiger partial charge in [0.2, 0.25) is 0 Å². The van der Waals surface area contributed by atoms with E-state index < -0.39 is 0 Å². The molecule has 0 aromatic rings. The molecule has 1 rings (SSSR count). The third kappa shape index (κ3) is 2.24. The molecule has 2 nitrogen and oxygen atoms in total. The van der Waals surface area contributed by atoms with Crippen molar-refractivity contribution in [2.24, 2.45) is 11.3 Å². The van der Waals surface area contributed by atoms with Crippen molar-refractivity contribution >= 4 is 5.78 Å². The van der Waals surface area contributed by atoms with E-state index in [9.17, 15) is 4.79 Å². The Morgan fingerprint density at radius 2 is 2.14 bits per heavy atom. The lowest BCUT2D eigenvalue weighted by Crippen LogP contribution is -2.34. The third-order valence-electron chi connectivity index (χ3n) is 3.60. The molecular weight excluding hydrogens is 176 g/mol. The average Bonchev–Trinajstić information content (AvgIpc) is 2.19. The maximum Gasteiger partial charge on any atom is 0.136 e. The Balaban J connectivity index is 2.64. The monoisotopic (exact) mass is 196 g/mol. The number of ketones is 1. The van der Waals surface area contributed by atoms with Crippen LogP contribution in [0.2, 0.25) is 0 Å². The number of aliphatic hydroxyl groups excluding tert-OH is 1. The zero-order valence-corrected chi connectivity index (χ0v) is 8.96. The molecule has 0 heterocycles. The normalized spacial score (nSPS) is 32.6. The number of hydrogen-bond acceptors (Lipinski definition) is 2. The smallest absolute Gasteiger partial charge is 0.136 e. The van der Waals surface area contributed by atoms with Crippen LogP contribution in [0.15, 0.2) is 12.7 Å². The van der Waals surface area contributed by atoms with Crippen molar-refractivity contribution in [3.8, 4) is 0 Å². The van der Waals surface area contributed by atoms with Crippen molar-refractivity contribution in [3.63, 3.8) is 0 Å². The summed E-state index contributed by atoms with van der Waals surface area (Å²) in [6.45, 7) is 5.67. The Morgan fingerprint density at radius 1 is 1.57 bits per heavy atom. The van der Waals surface area contributed by atoms with E-state index in [4.69, 9.17) is 5.11 Å². The van der Waals surface area contributed by atoms with Gasteiger partial charge in [-0.3, -0.25) is 4.79 Å². The number of allylic oxidation sites excluding steroid dienone is 1. The number of aliphatic hydroxyl groups is 1. The molecule has 0 bridgehead atoms. The van der Waals surface area contributed by atoms with Crippen LogP contribution in [0.1, 0.15) is 39.0 Å². The zero-order valence-electron chi connectivity index (χ0n) is 8.96. The van der Waals surface area contributed by atoms with Gasteiger partial charge in [0.25, 0.3) is 0 Å². The van der Waals surface area contributed by atoms with Crippen molar-refractivity contribution in [2.75, 3.05) is 6.61 Å². The number of carbonyl (C=O) groups is 1. The van der Waals surface area contributed by atoms with Crippen LogP contribution in [0.25, 0.3) is 0 Å². The van der Waals surface area contributed by atoms with Gasteiger partial charge in [0, 0.05) is 12.0 Å². The van der Waals surface area contributed by atoms with Gasteiger partial charge in [0.1, 0.15) is 5.78 Å². The van der Waals surface area contributed by atoms with Crippen molar-refractivity contribution in [3.05, 3.63) is 12.7 Å². The zero-order chi connectivity index (χ0) is 10.6. The van der Waals surface area contributed by atoms with E-state index in [-0.39, 0.29) is 17.8 Å². The van der Waals surface area contributed by atoms with E-state index in [0.29, 0.717) is 5.92 Å². The Labute approximate surface area is 86.0 Å². The van der Waals surface area contributed by atoms with E-state index in [1.54, 1.807) is 6.92 Å². The fraction of sp³-hybridized carbons (Fsp3) is 0.750. The van der Waals surface area contributed by atoms with Gasteiger partial charge in [-0.2, -0.15) is 0 Å². The van der Waals surface area contributed by atoms with Gasteiger partial charge in [-0.05, 0) is 44.9 Å². The van der Waals surface area contributed by atoms with Crippen molar-refractivity contribution in [1.82, 2.24) is 0 Å². The molecule has 0 amide bonds. The summed E-state index contributed by atoms with van der Waals surface area (Å²) in [5.74, 6) is 0.695. The van der Waals surface area contributed by atoms with Crippen LogP contribution >= 0.6 is 0 Å². The first-order chi connectivity index (χ1) is 6.64. The number of carbonyl (C=O) groups excluding carboxylic acids is 1. The molecule has 80 valence electrons. The molecule has 0 saturated heterocycles. The van der Waals surface area contributed by atoms with Crippen LogP contribution in [0.5, 0.6) is 0 Å². The first-order valence-electron chi connectivity index (χ1n) is 5.37. The van der Waals surface area contributed by atoms with Crippen LogP contribution in [0.4, 0.5) is 0 Å². The molecule has 1 fully saturated rings. The minimum atomic E-state index is -0.159. The van der Waals surface area contributed by atoms with Crippen LogP contribution in [-0.2, 0) is 4.79 Å². The minimum Gasteiger partial charge on any atom is -0.396 e. The highest BCUT2D eigenvalue weighted by molar-refractivity contribution is 5.82. The predicted octanol–water partition coefficient (Wildman–Crippen LogP) is 2.32. The SMILES string of the molecule is C=CCC1(C(C)=O)CCC(CO)CC1. The third-order valence-corrected chi connectivity index (χ3v) is 3.60. The number of rotatable bonds is 4. The van der Waals surface area contributed by atoms with Gasteiger partial charge in [-0.25, -0.2) is 0 Å². The fourth-order valence-electron chi connectivity index (χ4n) is 2.39. The summed E-state index contributed by atoms with van der Waals surface area (Å²) in [7, 11) is 0. The quantitative estimate of drug-likeness (QED) is 0.701. The fourth-order valence-corrected chi connectivity index (χ4v) is 2.39. The second-order valence-electron chi connectivity index (χ2n) is 4.46. The Kier molecular flexibility index (Phi) is 3.87. The number of hydrogen-bond donors (Lipinski definition) is 1. The summed E-state index contributed by atoms with van der Waals surface area (Å²) in [6, 6.07) is 0. The van der Waals surface area contributed by atoms with Crippen LogP contribution in [0.3, 0.4) is 0 Å². The van der Waals surface area contributed by atoms with Gasteiger partial charge >= 0.3 is 0 Å². The standard InChI is InChI=1S/C12H20O2/c1-3-6-12(10(2)14)7-4-11(9-13)5-8-12/h3,11,13H,1,4-9H2,2H3. The average molecular weight is 196 g/mol. The van der Waals surface area contributed by atoms with E-state index in [1.807, 2.05) is 6.08 Å². The molecule has 0 atom stereocenters. The molecule has 1 aliphatic carbocycles. The molecule has 1 saturated carbocycles. The maximum atomic E-state index is 11.6. The molecule has 0 aromatic heterocycles. The van der Waals surface area contributed by atoms with Crippen LogP contribution < -0.4 is 0 Å². The lowest BCUT2D eigenvalue weighted by molar-refractivity contribution is -0.129. The minimum absolute atomic E-state index is 0.159. The van der Waals surface area contributed by atoms with Crippen LogP contribution in [0, 0.1) is 11.3 Å². The lowest BCUT2D eigenvalue weighted by atomic mass is 9.67. The highest BCUT2D eigenvalue weighted by Crippen LogP contribution is 2.42. The molecule has 1 N–H and O–H groups in total. The van der Waals surface area contributed by atoms with Crippen LogP contribution in [-0.4, -0.2) is 17.5 Å². The summed E-state index contributed by atoms with van der Waals surface area (Å²) in [6.07, 6.45) is 6.42. The van der Waals surface area contributed by atoms with E-state index in [2.05, 4.69) is 6.58 Å². The van der Waals surface area contributed by atoms with Crippen molar-refractivity contribution in [1.29, 1.82) is 0 Å². The number of Topliss-reactive ketones (excluding diaryl/α,β-unsaturated/α-hetero) is 1. The van der Waals surface area contributed by atoms with Crippen molar-refractivity contribution in [2.45, 2.75) is 39.0 Å². The Morgan fingerprint density at radius 3 is 2.50 bits per heavy atom. The molecule has 0 spiro atoms. The first-order valence-corrected chi connectivity index (χ1v) is 5.37. The predicted molar refractivity (Wildman–Crippen MR) is 57.0 cm³/mol. The summed E-state index contributed by atoms with van der Waals surface area (Å²) in [5, 5.41) is 9.02. The van der Waals surface area contributed by atoms with Gasteiger partial charge in [-0.1, -0.05) is 6.08 Å². The summed E-state index contributed by atoms with van der Waals surface area (Å²) in [5.41, 5.74) is -0.159. The molecule has 2 heteroatoms. The van der Waals surface area contributed by atoms with E-state index in [1.165, 1.54) is 0 Å². The second-order valence-corrected chi connectivity index (χ2v) is 4.46. The molecule has 0 aromatic carbocycles. The summed E-state index contributed by atoms with van der Waals surface area (Å²) >= 11 is 0. The largest absolute Gasteiger partial charge is 0.396 e. The van der Waals surface area contributed by atoms with Gasteiger partial charge in [0.15, 0.2) is 0 Å². The molecule has 0 unspecified atom stereocenters. The molecule has 1 aliphatic rings. The van der Waals surface area contributed by atoms with E-state index in [0.717, 1.165) is 32.1 Å². The molecular formula is C12H20O2. The summed E-state index contributed by atoms with van der Waals surface area (Å²) < 4.78 is 0. The topological polar surface area (TPSA) is 37.3 Å². The highest BCUT2D eigenvalue weighted by Gasteiger charge is 2.37. The Bertz CT molecular complexity index is 212. The molecule has 0 aliphatic heterocycles. The molecule has 14 heavy (non-hydrogen) atoms. The first kappa shape index (κ1) is 11.4. The summed E-state index contributed by atoms with van der Waals surface area (Å²) in [4.78, 5) is 11.6. The van der Waals surface area contributed by atoms with E-state index >= 15 is 0 Å².